The molecule has 0 radical (unpaired) electrons. The van der Waals surface area contributed by atoms with Crippen molar-refractivity contribution in [2.45, 2.75) is 37.0 Å². The first kappa shape index (κ1) is 23.9. The highest BCUT2D eigenvalue weighted by atomic mass is 32.2. The first-order valence-corrected chi connectivity index (χ1v) is 11.2. The van der Waals surface area contributed by atoms with Crippen molar-refractivity contribution in [1.29, 1.82) is 0 Å². The highest BCUT2D eigenvalue weighted by Gasteiger charge is 2.18. The number of carbonyl (C=O) groups excluding carboxylic acids is 1. The minimum atomic E-state index is -0.296. The lowest BCUT2D eigenvalue weighted by Crippen LogP contribution is -2.22. The monoisotopic (exact) mass is 458 g/mol. The standard InChI is InChI=1S/C23H27FN4O3S/c1-16(13-30-2)28-21(14-31-3)26-27-23(28)32-15-18-4-8-19(9-5-18)22(29)25-12-17-6-10-20(24)11-7-17/h4-11,16H,12-15H2,1-3H3,(H,25,29). The van der Waals surface area contributed by atoms with E-state index in [1.54, 1.807) is 50.2 Å². The largest absolute Gasteiger partial charge is 0.383 e. The van der Waals surface area contributed by atoms with Crippen LogP contribution in [0.5, 0.6) is 0 Å². The van der Waals surface area contributed by atoms with Crippen molar-refractivity contribution in [3.63, 3.8) is 0 Å². The second kappa shape index (κ2) is 11.8. The van der Waals surface area contributed by atoms with Crippen LogP contribution in [0.1, 0.15) is 40.3 Å². The van der Waals surface area contributed by atoms with Gasteiger partial charge in [-0.1, -0.05) is 36.0 Å². The summed E-state index contributed by atoms with van der Waals surface area (Å²) in [6.45, 7) is 3.32. The average molecular weight is 459 g/mol. The maximum Gasteiger partial charge on any atom is 0.251 e. The summed E-state index contributed by atoms with van der Waals surface area (Å²) in [6.07, 6.45) is 0. The number of aromatic nitrogens is 3. The van der Waals surface area contributed by atoms with E-state index in [2.05, 4.69) is 22.4 Å². The number of hydrogen-bond acceptors (Lipinski definition) is 6. The van der Waals surface area contributed by atoms with Gasteiger partial charge in [0.15, 0.2) is 11.0 Å². The van der Waals surface area contributed by atoms with Gasteiger partial charge in [0.2, 0.25) is 0 Å². The molecule has 1 atom stereocenters. The summed E-state index contributed by atoms with van der Waals surface area (Å²) in [5.74, 6) is 0.968. The fourth-order valence-electron chi connectivity index (χ4n) is 3.18. The Kier molecular flexibility index (Phi) is 8.78. The SMILES string of the molecule is COCc1nnc(SCc2ccc(C(=O)NCc3ccc(F)cc3)cc2)n1C(C)COC. The van der Waals surface area contributed by atoms with E-state index in [1.807, 2.05) is 16.7 Å². The van der Waals surface area contributed by atoms with Gasteiger partial charge < -0.3 is 14.8 Å². The number of nitrogens with zero attached hydrogens (tertiary/aromatic N) is 3. The Morgan fingerprint density at radius 3 is 2.41 bits per heavy atom. The summed E-state index contributed by atoms with van der Waals surface area (Å²) in [6, 6.07) is 13.6. The number of methoxy groups -OCH3 is 2. The molecule has 1 aromatic heterocycles. The molecule has 170 valence electrons. The normalized spacial score (nSPS) is 12.0. The second-order valence-electron chi connectivity index (χ2n) is 7.30. The Bertz CT molecular complexity index is 1010. The lowest BCUT2D eigenvalue weighted by molar-refractivity contribution is 0.0951. The van der Waals surface area contributed by atoms with E-state index in [1.165, 1.54) is 12.1 Å². The fourth-order valence-corrected chi connectivity index (χ4v) is 4.19. The molecule has 2 aromatic carbocycles. The van der Waals surface area contributed by atoms with E-state index in [0.717, 1.165) is 22.1 Å². The Hall–Kier alpha value is -2.75. The molecule has 1 N–H and O–H groups in total. The summed E-state index contributed by atoms with van der Waals surface area (Å²) in [7, 11) is 3.30. The third kappa shape index (κ3) is 6.38. The lowest BCUT2D eigenvalue weighted by Gasteiger charge is -2.17. The van der Waals surface area contributed by atoms with E-state index in [4.69, 9.17) is 9.47 Å². The van der Waals surface area contributed by atoms with Crippen molar-refractivity contribution in [2.24, 2.45) is 0 Å². The zero-order valence-corrected chi connectivity index (χ0v) is 19.2. The van der Waals surface area contributed by atoms with Crippen LogP contribution < -0.4 is 5.32 Å². The minimum Gasteiger partial charge on any atom is -0.383 e. The van der Waals surface area contributed by atoms with E-state index in [9.17, 15) is 9.18 Å². The number of nitrogens with one attached hydrogen (secondary N) is 1. The molecule has 9 heteroatoms. The molecule has 0 aliphatic rings. The number of ether oxygens (including phenoxy) is 2. The molecule has 0 fully saturated rings. The third-order valence-electron chi connectivity index (χ3n) is 4.81. The first-order valence-electron chi connectivity index (χ1n) is 10.2. The van der Waals surface area contributed by atoms with Crippen LogP contribution >= 0.6 is 11.8 Å². The number of halogens is 1. The molecular formula is C23H27FN4O3S. The summed E-state index contributed by atoms with van der Waals surface area (Å²) in [5.41, 5.74) is 2.47. The molecule has 1 amide bonds. The molecule has 1 unspecified atom stereocenters. The van der Waals surface area contributed by atoms with Crippen molar-refractivity contribution >= 4 is 17.7 Å². The molecule has 0 saturated carbocycles. The van der Waals surface area contributed by atoms with E-state index >= 15 is 0 Å². The van der Waals surface area contributed by atoms with Crippen molar-refractivity contribution < 1.29 is 18.7 Å². The summed E-state index contributed by atoms with van der Waals surface area (Å²) < 4.78 is 25.5. The quantitative estimate of drug-likeness (QED) is 0.438. The number of hydrogen-bond donors (Lipinski definition) is 1. The van der Waals surface area contributed by atoms with Crippen LogP contribution in [0.15, 0.2) is 53.7 Å². The van der Waals surface area contributed by atoms with Gasteiger partial charge in [0, 0.05) is 32.1 Å². The number of amides is 1. The summed E-state index contributed by atoms with van der Waals surface area (Å²) in [4.78, 5) is 12.4. The van der Waals surface area contributed by atoms with Gasteiger partial charge in [0.1, 0.15) is 12.4 Å². The predicted molar refractivity (Wildman–Crippen MR) is 121 cm³/mol. The number of benzene rings is 2. The summed E-state index contributed by atoms with van der Waals surface area (Å²) >= 11 is 1.57. The maximum atomic E-state index is 13.0. The molecule has 0 aliphatic heterocycles. The molecule has 0 saturated heterocycles. The van der Waals surface area contributed by atoms with Gasteiger partial charge >= 0.3 is 0 Å². The van der Waals surface area contributed by atoms with Crippen molar-refractivity contribution in [1.82, 2.24) is 20.1 Å². The smallest absolute Gasteiger partial charge is 0.251 e. The van der Waals surface area contributed by atoms with Crippen LogP contribution in [-0.2, 0) is 28.4 Å². The van der Waals surface area contributed by atoms with Gasteiger partial charge in [-0.15, -0.1) is 10.2 Å². The molecule has 32 heavy (non-hydrogen) atoms. The van der Waals surface area contributed by atoms with Crippen molar-refractivity contribution in [3.05, 3.63) is 76.9 Å². The van der Waals surface area contributed by atoms with E-state index in [0.29, 0.717) is 31.1 Å². The fraction of sp³-hybridized carbons (Fsp3) is 0.348. The molecule has 0 spiro atoms. The van der Waals surface area contributed by atoms with Crippen LogP contribution in [0, 0.1) is 5.82 Å². The Balaban J connectivity index is 1.59. The molecule has 7 nitrogen and oxygen atoms in total. The molecule has 3 aromatic rings. The molecule has 0 aliphatic carbocycles. The van der Waals surface area contributed by atoms with E-state index < -0.39 is 0 Å². The van der Waals surface area contributed by atoms with E-state index in [-0.39, 0.29) is 17.8 Å². The highest BCUT2D eigenvalue weighted by molar-refractivity contribution is 7.98. The number of thioether (sulfide) groups is 1. The Morgan fingerprint density at radius 2 is 1.75 bits per heavy atom. The Morgan fingerprint density at radius 1 is 1.06 bits per heavy atom. The zero-order chi connectivity index (χ0) is 22.9. The zero-order valence-electron chi connectivity index (χ0n) is 18.4. The molecule has 0 bridgehead atoms. The molecule has 1 heterocycles. The first-order chi connectivity index (χ1) is 15.5. The highest BCUT2D eigenvalue weighted by Crippen LogP contribution is 2.26. The van der Waals surface area contributed by atoms with Crippen LogP contribution in [-0.4, -0.2) is 41.5 Å². The predicted octanol–water partition coefficient (Wildman–Crippen LogP) is 3.99. The van der Waals surface area contributed by atoms with Gasteiger partial charge in [-0.3, -0.25) is 9.36 Å². The lowest BCUT2D eigenvalue weighted by atomic mass is 10.1. The van der Waals surface area contributed by atoms with Gasteiger partial charge in [-0.05, 0) is 42.3 Å². The van der Waals surface area contributed by atoms with Crippen LogP contribution in [0.3, 0.4) is 0 Å². The maximum absolute atomic E-state index is 13.0. The van der Waals surface area contributed by atoms with Gasteiger partial charge in [-0.2, -0.15) is 0 Å². The Labute approximate surface area is 191 Å². The van der Waals surface area contributed by atoms with Crippen LogP contribution in [0.25, 0.3) is 0 Å². The third-order valence-corrected chi connectivity index (χ3v) is 5.82. The second-order valence-corrected chi connectivity index (χ2v) is 8.24. The average Bonchev–Trinajstić information content (AvgIpc) is 3.20. The topological polar surface area (TPSA) is 78.3 Å². The molecule has 3 rings (SSSR count). The van der Waals surface area contributed by atoms with Gasteiger partial charge in [-0.25, -0.2) is 4.39 Å². The minimum absolute atomic E-state index is 0.0785. The van der Waals surface area contributed by atoms with Gasteiger partial charge in [0.05, 0.1) is 12.6 Å². The molecular weight excluding hydrogens is 431 g/mol. The van der Waals surface area contributed by atoms with Gasteiger partial charge in [0.25, 0.3) is 5.91 Å². The van der Waals surface area contributed by atoms with Crippen LogP contribution in [0.4, 0.5) is 4.39 Å². The number of rotatable bonds is 11. The van der Waals surface area contributed by atoms with Crippen LogP contribution in [0.2, 0.25) is 0 Å². The summed E-state index contributed by atoms with van der Waals surface area (Å²) in [5, 5.41) is 12.2. The van der Waals surface area contributed by atoms with Crippen molar-refractivity contribution in [3.8, 4) is 0 Å². The van der Waals surface area contributed by atoms with Crippen molar-refractivity contribution in [2.75, 3.05) is 20.8 Å². The number of carbonyl (C=O) groups is 1.